The lowest BCUT2D eigenvalue weighted by atomic mass is 9.84. The Morgan fingerprint density at radius 2 is 2.03 bits per heavy atom. The smallest absolute Gasteiger partial charge is 0.254 e. The highest BCUT2D eigenvalue weighted by Crippen LogP contribution is 2.42. The molecular formula is C29H33BrClN3O5. The lowest BCUT2D eigenvalue weighted by molar-refractivity contribution is -0.138. The summed E-state index contributed by atoms with van der Waals surface area (Å²) < 4.78 is 64.3. The van der Waals surface area contributed by atoms with Crippen LogP contribution in [0.4, 0.5) is 5.69 Å². The fraction of sp³-hybridized carbons (Fsp3) is 0.379. The van der Waals surface area contributed by atoms with Crippen LogP contribution in [0.1, 0.15) is 33.6 Å². The maximum Gasteiger partial charge on any atom is 0.254 e. The average molecular weight is 625 g/mol. The van der Waals surface area contributed by atoms with Crippen molar-refractivity contribution in [2.45, 2.75) is 44.0 Å². The lowest BCUT2D eigenvalue weighted by Crippen LogP contribution is -2.65. The molecule has 2 N–H and O–H groups in total. The lowest BCUT2D eigenvalue weighted by Gasteiger charge is -2.41. The van der Waals surface area contributed by atoms with Gasteiger partial charge in [0.2, 0.25) is 5.91 Å². The first-order valence-electron chi connectivity index (χ1n) is 15.3. The highest BCUT2D eigenvalue weighted by atomic mass is 79.9. The molecule has 39 heavy (non-hydrogen) atoms. The summed E-state index contributed by atoms with van der Waals surface area (Å²) >= 11 is 3.47. The van der Waals surface area contributed by atoms with Gasteiger partial charge in [-0.3, -0.25) is 9.59 Å². The van der Waals surface area contributed by atoms with Gasteiger partial charge in [0.25, 0.3) is 5.91 Å². The number of rotatable bonds is 6. The molecule has 3 aromatic carbocycles. The number of nitrogens with one attached hydrogen (secondary N) is 2. The number of hydrogen-bond donors (Lipinski definition) is 2. The zero-order valence-corrected chi connectivity index (χ0v) is 23.6. The van der Waals surface area contributed by atoms with Crippen LogP contribution in [0.2, 0.25) is 0 Å². The Kier molecular flexibility index (Phi) is 6.81. The van der Waals surface area contributed by atoms with Gasteiger partial charge in [-0.2, -0.15) is 0 Å². The molecule has 0 bridgehead atoms. The van der Waals surface area contributed by atoms with Crippen LogP contribution in [-0.2, 0) is 20.9 Å². The Bertz CT molecular complexity index is 1570. The van der Waals surface area contributed by atoms with Crippen molar-refractivity contribution in [2.75, 3.05) is 32.1 Å². The van der Waals surface area contributed by atoms with Gasteiger partial charge in [0.15, 0.2) is 0 Å². The molecule has 10 heteroatoms. The monoisotopic (exact) mass is 623 g/mol. The first-order chi connectivity index (χ1) is 20.7. The number of halogens is 2. The summed E-state index contributed by atoms with van der Waals surface area (Å²) in [6.07, 6.45) is 0.561. The van der Waals surface area contributed by atoms with Crippen molar-refractivity contribution >= 4 is 56.6 Å². The fourth-order valence-corrected chi connectivity index (χ4v) is 5.48. The van der Waals surface area contributed by atoms with Gasteiger partial charge in [-0.25, -0.2) is 0 Å². The largest absolute Gasteiger partial charge is 0.496 e. The van der Waals surface area contributed by atoms with Crippen molar-refractivity contribution in [1.29, 1.82) is 0 Å². The van der Waals surface area contributed by atoms with Gasteiger partial charge in [0, 0.05) is 27.0 Å². The van der Waals surface area contributed by atoms with Gasteiger partial charge in [0.1, 0.15) is 23.1 Å². The molecule has 0 unspecified atom stereocenters. The molecule has 3 aromatic rings. The molecule has 1 saturated heterocycles. The molecule has 1 spiro atoms. The van der Waals surface area contributed by atoms with Gasteiger partial charge in [-0.15, -0.1) is 12.4 Å². The summed E-state index contributed by atoms with van der Waals surface area (Å²) in [6.45, 7) is -0.744. The second-order valence-electron chi connectivity index (χ2n) is 9.49. The molecular weight excluding hydrogens is 586 g/mol. The van der Waals surface area contributed by atoms with Crippen LogP contribution in [-0.4, -0.2) is 56.7 Å². The van der Waals surface area contributed by atoms with Crippen molar-refractivity contribution < 1.29 is 32.0 Å². The van der Waals surface area contributed by atoms with Crippen LogP contribution in [0.15, 0.2) is 59.1 Å². The van der Waals surface area contributed by atoms with Crippen molar-refractivity contribution in [2.24, 2.45) is 0 Å². The first-order valence-corrected chi connectivity index (χ1v) is 13.1. The van der Waals surface area contributed by atoms with Gasteiger partial charge in [-0.05, 0) is 55.0 Å². The van der Waals surface area contributed by atoms with Crippen LogP contribution >= 0.6 is 28.3 Å². The maximum absolute atomic E-state index is 14.7. The molecule has 2 atom stereocenters. The summed E-state index contributed by atoms with van der Waals surface area (Å²) in [6, 6.07) is 13.4. The molecule has 0 radical (unpaired) electrons. The predicted molar refractivity (Wildman–Crippen MR) is 157 cm³/mol. The molecule has 8 nitrogen and oxygen atoms in total. The minimum Gasteiger partial charge on any atom is -0.496 e. The van der Waals surface area contributed by atoms with Crippen molar-refractivity contribution in [3.8, 4) is 11.5 Å². The molecule has 2 aliphatic heterocycles. The van der Waals surface area contributed by atoms with E-state index in [4.69, 9.17) is 22.4 Å². The Morgan fingerprint density at radius 3 is 2.79 bits per heavy atom. The molecule has 2 heterocycles. The number of amides is 2. The molecule has 1 fully saturated rings. The SMILES string of the molecule is Cl.[2H]C([2H])([2H])N[C@@H](C)C(=O)N[C@@H]1C(=O)N(Cc2c(OC([2H])([2H])[2H])ccc3cc(Br)ccc23)c2ccccc2OC12CCOCC2. The molecule has 0 aromatic heterocycles. The molecule has 5 rings (SSSR count). The number of methoxy groups -OCH3 is 1. The van der Waals surface area contributed by atoms with Gasteiger partial charge >= 0.3 is 0 Å². The van der Waals surface area contributed by atoms with E-state index < -0.39 is 43.5 Å². The second kappa shape index (κ2) is 12.1. The predicted octanol–water partition coefficient (Wildman–Crippen LogP) is 4.60. The van der Waals surface area contributed by atoms with E-state index in [0.717, 1.165) is 9.86 Å². The average Bonchev–Trinajstić information content (AvgIpc) is 3.02. The number of fused-ring (bicyclic) bond motifs is 2. The van der Waals surface area contributed by atoms with Crippen molar-refractivity contribution in [3.63, 3.8) is 0 Å². The minimum absolute atomic E-state index is 0. The Balaban J connectivity index is 0.00000461. The fourth-order valence-electron chi connectivity index (χ4n) is 5.10. The van der Waals surface area contributed by atoms with E-state index in [2.05, 4.69) is 26.6 Å². The first kappa shape index (κ1) is 21.9. The van der Waals surface area contributed by atoms with Crippen LogP contribution < -0.4 is 25.0 Å². The highest BCUT2D eigenvalue weighted by Gasteiger charge is 2.51. The normalized spacial score (nSPS) is 21.8. The standard InChI is InChI=1S/C29H32BrN3O5.ClH/c1-18(31-2)27(34)32-26-28(35)33(17-22-21-10-9-20(30)16-19(21)8-11-24(22)36-3)23-6-4-5-7-25(23)38-29(26)12-14-37-15-13-29;/h4-11,16,18,26,31H,12-15,17H2,1-3H3,(H,32,34);1H/t18-,26+;/m0./s1/i2D3,3D3;. The zero-order valence-electron chi connectivity index (χ0n) is 27.2. The quantitative estimate of drug-likeness (QED) is 0.417. The zero-order chi connectivity index (χ0) is 31.9. The number of para-hydroxylation sites is 2. The minimum atomic E-state index is -2.75. The van der Waals surface area contributed by atoms with E-state index in [1.54, 1.807) is 36.4 Å². The molecule has 2 aliphatic rings. The third kappa shape index (κ3) is 5.59. The van der Waals surface area contributed by atoms with Crippen LogP contribution in [0.5, 0.6) is 11.5 Å². The summed E-state index contributed by atoms with van der Waals surface area (Å²) in [7, 11) is -2.75. The highest BCUT2D eigenvalue weighted by molar-refractivity contribution is 9.10. The molecule has 0 aliphatic carbocycles. The number of nitrogens with zero attached hydrogens (tertiary/aromatic N) is 1. The van der Waals surface area contributed by atoms with E-state index in [0.29, 0.717) is 22.4 Å². The van der Waals surface area contributed by atoms with Crippen LogP contribution in [0.3, 0.4) is 0 Å². The van der Waals surface area contributed by atoms with E-state index in [1.165, 1.54) is 11.8 Å². The van der Waals surface area contributed by atoms with Gasteiger partial charge in [-0.1, -0.05) is 40.2 Å². The summed E-state index contributed by atoms with van der Waals surface area (Å²) in [5.74, 6) is -0.733. The summed E-state index contributed by atoms with van der Waals surface area (Å²) in [4.78, 5) is 29.5. The van der Waals surface area contributed by atoms with Crippen LogP contribution in [0.25, 0.3) is 10.8 Å². The van der Waals surface area contributed by atoms with Crippen molar-refractivity contribution in [3.05, 3.63) is 64.6 Å². The number of carbonyl (C=O) groups excluding carboxylic acids is 2. The molecule has 2 amide bonds. The third-order valence-electron chi connectivity index (χ3n) is 7.22. The Hall–Kier alpha value is -2.85. The van der Waals surface area contributed by atoms with E-state index in [9.17, 15) is 9.59 Å². The van der Waals surface area contributed by atoms with E-state index in [1.807, 2.05) is 18.2 Å². The number of ether oxygens (including phenoxy) is 3. The Labute approximate surface area is 251 Å². The number of anilines is 1. The second-order valence-corrected chi connectivity index (χ2v) is 10.4. The van der Waals surface area contributed by atoms with E-state index >= 15 is 0 Å². The topological polar surface area (TPSA) is 89.1 Å². The Morgan fingerprint density at radius 1 is 1.23 bits per heavy atom. The molecule has 0 saturated carbocycles. The third-order valence-corrected chi connectivity index (χ3v) is 7.71. The molecule has 208 valence electrons. The van der Waals surface area contributed by atoms with Gasteiger partial charge < -0.3 is 29.7 Å². The van der Waals surface area contributed by atoms with Crippen molar-refractivity contribution in [1.82, 2.24) is 10.6 Å². The number of hydrogen-bond acceptors (Lipinski definition) is 6. The summed E-state index contributed by atoms with van der Waals surface area (Å²) in [5, 5.41) is 6.52. The van der Waals surface area contributed by atoms with E-state index in [-0.39, 0.29) is 50.8 Å². The number of carbonyl (C=O) groups is 2. The number of likely N-dealkylation sites (N-methyl/N-ethyl adjacent to an activating group) is 1. The summed E-state index contributed by atoms with van der Waals surface area (Å²) in [5.41, 5.74) is -0.334. The maximum atomic E-state index is 14.7. The van der Waals surface area contributed by atoms with Crippen LogP contribution in [0, 0.1) is 0 Å². The van der Waals surface area contributed by atoms with Gasteiger partial charge in [0.05, 0.1) is 42.6 Å². The number of benzene rings is 3.